The summed E-state index contributed by atoms with van der Waals surface area (Å²) in [5.41, 5.74) is 1.37. The Morgan fingerprint density at radius 3 is 2.94 bits per heavy atom. The summed E-state index contributed by atoms with van der Waals surface area (Å²) in [6.07, 6.45) is 4.55. The van der Waals surface area contributed by atoms with Gasteiger partial charge in [0.1, 0.15) is 6.17 Å². The van der Waals surface area contributed by atoms with Crippen LogP contribution in [0.1, 0.15) is 22.1 Å². The molecule has 1 atom stereocenters. The van der Waals surface area contributed by atoms with Gasteiger partial charge in [-0.15, -0.1) is 5.10 Å². The number of hydrogen-bond donors (Lipinski definition) is 2. The average molecular weight is 227 g/mol. The number of nitrogens with zero attached hydrogens (tertiary/aromatic N) is 3. The molecule has 6 nitrogen and oxygen atoms in total. The smallest absolute Gasteiger partial charge is 0.257 e. The number of anilines is 1. The van der Waals surface area contributed by atoms with Crippen molar-refractivity contribution in [2.75, 3.05) is 5.32 Å². The van der Waals surface area contributed by atoms with Crippen LogP contribution in [0.4, 0.5) is 5.82 Å². The van der Waals surface area contributed by atoms with Gasteiger partial charge in [-0.05, 0) is 12.1 Å². The summed E-state index contributed by atoms with van der Waals surface area (Å²) >= 11 is 0. The Bertz CT molecular complexity index is 557. The van der Waals surface area contributed by atoms with E-state index < -0.39 is 0 Å². The molecule has 0 spiro atoms. The SMILES string of the molecule is O=C1NC(c2cccnc2)Nc2nnccc21. The number of hydrogen-bond acceptors (Lipinski definition) is 5. The standard InChI is InChI=1S/C11H9N5O/c17-11-8-3-5-13-16-10(8)14-9(15-11)7-2-1-4-12-6-7/h1-6,9H,(H,14,16)(H,15,17). The molecule has 2 aromatic heterocycles. The van der Waals surface area contributed by atoms with Crippen molar-refractivity contribution in [1.82, 2.24) is 20.5 Å². The van der Waals surface area contributed by atoms with E-state index in [4.69, 9.17) is 0 Å². The van der Waals surface area contributed by atoms with E-state index in [0.29, 0.717) is 11.4 Å². The van der Waals surface area contributed by atoms with Crippen LogP contribution in [-0.2, 0) is 0 Å². The van der Waals surface area contributed by atoms with E-state index in [1.807, 2.05) is 12.1 Å². The summed E-state index contributed by atoms with van der Waals surface area (Å²) in [4.78, 5) is 15.8. The molecule has 0 saturated heterocycles. The highest BCUT2D eigenvalue weighted by Crippen LogP contribution is 2.22. The molecule has 3 rings (SSSR count). The molecule has 2 aromatic rings. The summed E-state index contributed by atoms with van der Waals surface area (Å²) in [6.45, 7) is 0. The van der Waals surface area contributed by atoms with Crippen LogP contribution in [0.2, 0.25) is 0 Å². The third kappa shape index (κ3) is 1.69. The molecule has 6 heteroatoms. The Balaban J connectivity index is 1.97. The van der Waals surface area contributed by atoms with Crippen molar-refractivity contribution in [3.05, 3.63) is 47.9 Å². The summed E-state index contributed by atoms with van der Waals surface area (Å²) in [5.74, 6) is 0.326. The predicted octanol–water partition coefficient (Wildman–Crippen LogP) is 0.726. The van der Waals surface area contributed by atoms with Gasteiger partial charge in [0.25, 0.3) is 5.91 Å². The van der Waals surface area contributed by atoms with E-state index in [1.165, 1.54) is 6.20 Å². The largest absolute Gasteiger partial charge is 0.344 e. The third-order valence-corrected chi connectivity index (χ3v) is 2.54. The van der Waals surface area contributed by atoms with Gasteiger partial charge in [-0.2, -0.15) is 5.10 Å². The first kappa shape index (κ1) is 9.71. The van der Waals surface area contributed by atoms with E-state index in [0.717, 1.165) is 5.56 Å². The highest BCUT2D eigenvalue weighted by atomic mass is 16.2. The van der Waals surface area contributed by atoms with Crippen LogP contribution in [0.3, 0.4) is 0 Å². The molecule has 17 heavy (non-hydrogen) atoms. The molecule has 1 amide bonds. The van der Waals surface area contributed by atoms with Crippen LogP contribution in [0, 0.1) is 0 Å². The van der Waals surface area contributed by atoms with Gasteiger partial charge in [-0.25, -0.2) is 0 Å². The minimum absolute atomic E-state index is 0.164. The van der Waals surface area contributed by atoms with E-state index in [2.05, 4.69) is 25.8 Å². The molecule has 0 aliphatic carbocycles. The van der Waals surface area contributed by atoms with E-state index in [-0.39, 0.29) is 12.1 Å². The van der Waals surface area contributed by atoms with Crippen molar-refractivity contribution >= 4 is 11.7 Å². The molecule has 84 valence electrons. The third-order valence-electron chi connectivity index (χ3n) is 2.54. The Morgan fingerprint density at radius 1 is 1.18 bits per heavy atom. The molecule has 0 saturated carbocycles. The van der Waals surface area contributed by atoms with Gasteiger partial charge in [0, 0.05) is 18.0 Å². The second kappa shape index (κ2) is 3.82. The van der Waals surface area contributed by atoms with Crippen LogP contribution < -0.4 is 10.6 Å². The first-order valence-electron chi connectivity index (χ1n) is 5.13. The van der Waals surface area contributed by atoms with Gasteiger partial charge in [-0.1, -0.05) is 6.07 Å². The molecule has 0 fully saturated rings. The van der Waals surface area contributed by atoms with Gasteiger partial charge in [0.05, 0.1) is 11.8 Å². The second-order valence-corrected chi connectivity index (χ2v) is 3.63. The van der Waals surface area contributed by atoms with Gasteiger partial charge in [0.2, 0.25) is 0 Å². The number of rotatable bonds is 1. The molecule has 1 unspecified atom stereocenters. The lowest BCUT2D eigenvalue weighted by Gasteiger charge is -2.26. The van der Waals surface area contributed by atoms with Crippen LogP contribution in [-0.4, -0.2) is 21.1 Å². The van der Waals surface area contributed by atoms with Crippen molar-refractivity contribution < 1.29 is 4.79 Å². The lowest BCUT2D eigenvalue weighted by Crippen LogP contribution is -2.39. The number of carbonyl (C=O) groups excluding carboxylic acids is 1. The van der Waals surface area contributed by atoms with Crippen molar-refractivity contribution in [3.8, 4) is 0 Å². The van der Waals surface area contributed by atoms with Crippen molar-refractivity contribution in [3.63, 3.8) is 0 Å². The molecule has 1 aliphatic rings. The summed E-state index contributed by atoms with van der Waals surface area (Å²) in [5, 5.41) is 13.6. The number of carbonyl (C=O) groups is 1. The lowest BCUT2D eigenvalue weighted by molar-refractivity contribution is 0.0934. The zero-order valence-corrected chi connectivity index (χ0v) is 8.79. The Labute approximate surface area is 97.1 Å². The Hall–Kier alpha value is -2.50. The van der Waals surface area contributed by atoms with Crippen LogP contribution in [0.15, 0.2) is 36.8 Å². The number of amides is 1. The monoisotopic (exact) mass is 227 g/mol. The van der Waals surface area contributed by atoms with Gasteiger partial charge >= 0.3 is 0 Å². The highest BCUT2D eigenvalue weighted by Gasteiger charge is 2.25. The fourth-order valence-corrected chi connectivity index (χ4v) is 1.72. The van der Waals surface area contributed by atoms with E-state index in [9.17, 15) is 4.79 Å². The molecular formula is C11H9N5O. The van der Waals surface area contributed by atoms with Crippen molar-refractivity contribution in [2.45, 2.75) is 6.17 Å². The Kier molecular flexibility index (Phi) is 2.18. The quantitative estimate of drug-likeness (QED) is 0.750. The van der Waals surface area contributed by atoms with Gasteiger partial charge < -0.3 is 10.6 Å². The first-order chi connectivity index (χ1) is 8.34. The highest BCUT2D eigenvalue weighted by molar-refractivity contribution is 6.00. The predicted molar refractivity (Wildman–Crippen MR) is 60.1 cm³/mol. The maximum atomic E-state index is 11.8. The first-order valence-corrected chi connectivity index (χ1v) is 5.13. The number of fused-ring (bicyclic) bond motifs is 1. The summed E-state index contributed by atoms with van der Waals surface area (Å²) in [7, 11) is 0. The molecule has 0 bridgehead atoms. The molecule has 0 radical (unpaired) electrons. The maximum Gasteiger partial charge on any atom is 0.257 e. The average Bonchev–Trinajstić information content (AvgIpc) is 2.40. The van der Waals surface area contributed by atoms with Crippen molar-refractivity contribution in [1.29, 1.82) is 0 Å². The number of nitrogens with one attached hydrogen (secondary N) is 2. The minimum atomic E-state index is -0.319. The van der Waals surface area contributed by atoms with E-state index in [1.54, 1.807) is 18.5 Å². The normalized spacial score (nSPS) is 17.9. The molecule has 0 aromatic carbocycles. The molecule has 3 heterocycles. The maximum absolute atomic E-state index is 11.8. The Morgan fingerprint density at radius 2 is 2.12 bits per heavy atom. The minimum Gasteiger partial charge on any atom is -0.344 e. The van der Waals surface area contributed by atoms with Crippen molar-refractivity contribution in [2.24, 2.45) is 0 Å². The lowest BCUT2D eigenvalue weighted by atomic mass is 10.1. The zero-order chi connectivity index (χ0) is 11.7. The fourth-order valence-electron chi connectivity index (χ4n) is 1.72. The topological polar surface area (TPSA) is 79.8 Å². The van der Waals surface area contributed by atoms with Crippen LogP contribution in [0.5, 0.6) is 0 Å². The summed E-state index contributed by atoms with van der Waals surface area (Å²) in [6, 6.07) is 5.33. The second-order valence-electron chi connectivity index (χ2n) is 3.63. The number of aromatic nitrogens is 3. The molecular weight excluding hydrogens is 218 g/mol. The summed E-state index contributed by atoms with van der Waals surface area (Å²) < 4.78 is 0. The number of pyridine rings is 1. The zero-order valence-electron chi connectivity index (χ0n) is 8.79. The van der Waals surface area contributed by atoms with E-state index >= 15 is 0 Å². The van der Waals surface area contributed by atoms with Gasteiger partial charge in [0.15, 0.2) is 5.82 Å². The van der Waals surface area contributed by atoms with Crippen LogP contribution >= 0.6 is 0 Å². The van der Waals surface area contributed by atoms with Gasteiger partial charge in [-0.3, -0.25) is 9.78 Å². The molecule has 2 N–H and O–H groups in total. The van der Waals surface area contributed by atoms with Crippen LogP contribution in [0.25, 0.3) is 0 Å². The fraction of sp³-hybridized carbons (Fsp3) is 0.0909. The molecule has 1 aliphatic heterocycles.